The second-order valence-corrected chi connectivity index (χ2v) is 8.40. The van der Waals surface area contributed by atoms with Crippen LogP contribution in [-0.2, 0) is 19.5 Å². The Bertz CT molecular complexity index is 1060. The summed E-state index contributed by atoms with van der Waals surface area (Å²) in [5.74, 6) is 2.06. The lowest BCUT2D eigenvalue weighted by molar-refractivity contribution is 0.238. The van der Waals surface area contributed by atoms with Crippen molar-refractivity contribution in [3.05, 3.63) is 76.7 Å². The first kappa shape index (κ1) is 19.9. The van der Waals surface area contributed by atoms with Crippen molar-refractivity contribution in [1.29, 1.82) is 0 Å². The molecule has 3 aromatic rings. The molecule has 0 amide bonds. The number of fused-ring (bicyclic) bond motifs is 1. The number of hydrogen-bond acceptors (Lipinski definition) is 5. The molecule has 0 spiro atoms. The molecule has 160 valence electrons. The van der Waals surface area contributed by atoms with E-state index in [-0.39, 0.29) is 5.82 Å². The minimum Gasteiger partial charge on any atom is -0.438 e. The van der Waals surface area contributed by atoms with Gasteiger partial charge in [0.25, 0.3) is 0 Å². The first-order valence-corrected chi connectivity index (χ1v) is 11.0. The first-order valence-electron chi connectivity index (χ1n) is 11.0. The summed E-state index contributed by atoms with van der Waals surface area (Å²) in [5, 5.41) is 0. The molecule has 6 heteroatoms. The highest BCUT2D eigenvalue weighted by Gasteiger charge is 2.26. The molecule has 0 radical (unpaired) electrons. The number of aromatic nitrogens is 2. The van der Waals surface area contributed by atoms with Crippen LogP contribution < -0.4 is 9.64 Å². The summed E-state index contributed by atoms with van der Waals surface area (Å²) >= 11 is 0. The summed E-state index contributed by atoms with van der Waals surface area (Å²) in [4.78, 5) is 14.4. The Kier molecular flexibility index (Phi) is 5.55. The molecule has 2 aliphatic rings. The van der Waals surface area contributed by atoms with Crippen LogP contribution in [-0.4, -0.2) is 34.5 Å². The lowest BCUT2D eigenvalue weighted by Gasteiger charge is -2.30. The molecule has 0 atom stereocenters. The molecule has 1 aromatic heterocycles. The van der Waals surface area contributed by atoms with Crippen molar-refractivity contribution < 1.29 is 9.13 Å². The van der Waals surface area contributed by atoms with E-state index in [1.807, 2.05) is 43.3 Å². The van der Waals surface area contributed by atoms with Crippen molar-refractivity contribution in [1.82, 2.24) is 14.9 Å². The smallest absolute Gasteiger partial charge is 0.228 e. The number of benzene rings is 2. The Hall–Kier alpha value is -2.99. The van der Waals surface area contributed by atoms with Crippen LogP contribution >= 0.6 is 0 Å². The number of halogens is 1. The van der Waals surface area contributed by atoms with Gasteiger partial charge in [-0.1, -0.05) is 30.3 Å². The molecule has 31 heavy (non-hydrogen) atoms. The van der Waals surface area contributed by atoms with Crippen LogP contribution in [0.1, 0.15) is 35.2 Å². The molecule has 0 N–H and O–H groups in total. The minimum absolute atomic E-state index is 0.204. The van der Waals surface area contributed by atoms with Crippen LogP contribution in [0.2, 0.25) is 0 Å². The number of para-hydroxylation sites is 1. The fourth-order valence-electron chi connectivity index (χ4n) is 4.33. The van der Waals surface area contributed by atoms with Crippen molar-refractivity contribution in [2.75, 3.05) is 24.5 Å². The highest BCUT2D eigenvalue weighted by Crippen LogP contribution is 2.33. The van der Waals surface area contributed by atoms with Crippen molar-refractivity contribution in [3.8, 4) is 11.6 Å². The van der Waals surface area contributed by atoms with E-state index < -0.39 is 0 Å². The first-order chi connectivity index (χ1) is 15.2. The maximum absolute atomic E-state index is 13.3. The Morgan fingerprint density at radius 3 is 2.52 bits per heavy atom. The second-order valence-electron chi connectivity index (χ2n) is 8.40. The average Bonchev–Trinajstić information content (AvgIpc) is 3.32. The van der Waals surface area contributed by atoms with Gasteiger partial charge in [-0.3, -0.25) is 4.90 Å². The average molecular weight is 419 g/mol. The van der Waals surface area contributed by atoms with Gasteiger partial charge in [-0.05, 0) is 49.1 Å². The monoisotopic (exact) mass is 418 g/mol. The van der Waals surface area contributed by atoms with Gasteiger partial charge in [-0.2, -0.15) is 4.98 Å². The van der Waals surface area contributed by atoms with Crippen LogP contribution in [0.4, 0.5) is 10.3 Å². The van der Waals surface area contributed by atoms with E-state index in [0.29, 0.717) is 12.4 Å². The summed E-state index contributed by atoms with van der Waals surface area (Å²) in [6.07, 6.45) is 3.21. The van der Waals surface area contributed by atoms with Gasteiger partial charge in [0, 0.05) is 39.1 Å². The van der Waals surface area contributed by atoms with Crippen LogP contribution in [0.15, 0.2) is 48.5 Å². The molecule has 2 aromatic carbocycles. The minimum atomic E-state index is -0.204. The third-order valence-corrected chi connectivity index (χ3v) is 6.10. The molecule has 3 heterocycles. The third kappa shape index (κ3) is 4.39. The van der Waals surface area contributed by atoms with Crippen LogP contribution in [0.25, 0.3) is 0 Å². The predicted molar refractivity (Wildman–Crippen MR) is 119 cm³/mol. The van der Waals surface area contributed by atoms with Gasteiger partial charge in [0.1, 0.15) is 11.6 Å². The van der Waals surface area contributed by atoms with Gasteiger partial charge in [0.15, 0.2) is 0 Å². The summed E-state index contributed by atoms with van der Waals surface area (Å²) in [6, 6.07) is 14.8. The SMILES string of the molecule is Cc1ccccc1Oc1nc(N2CCCC2)nc2c1CN(Cc1ccc(F)cc1)CC2. The van der Waals surface area contributed by atoms with Gasteiger partial charge >= 0.3 is 0 Å². The van der Waals surface area contributed by atoms with Gasteiger partial charge in [0.2, 0.25) is 11.8 Å². The standard InChI is InChI=1S/C25H27FN4O/c1-18-6-2-3-7-23(18)31-24-21-17-29(16-19-8-10-20(26)11-9-19)15-12-22(21)27-25(28-24)30-13-4-5-14-30/h2-3,6-11H,4-5,12-17H2,1H3. The zero-order valence-corrected chi connectivity index (χ0v) is 17.9. The summed E-state index contributed by atoms with van der Waals surface area (Å²) in [7, 11) is 0. The molecule has 5 nitrogen and oxygen atoms in total. The summed E-state index contributed by atoms with van der Waals surface area (Å²) < 4.78 is 19.6. The molecule has 1 saturated heterocycles. The van der Waals surface area contributed by atoms with Gasteiger partial charge < -0.3 is 9.64 Å². The molecule has 0 unspecified atom stereocenters. The topological polar surface area (TPSA) is 41.5 Å². The van der Waals surface area contributed by atoms with Crippen LogP contribution in [0, 0.1) is 12.7 Å². The quantitative estimate of drug-likeness (QED) is 0.591. The lowest BCUT2D eigenvalue weighted by Crippen LogP contribution is -2.32. The zero-order valence-electron chi connectivity index (χ0n) is 17.9. The van der Waals surface area contributed by atoms with Crippen LogP contribution in [0.5, 0.6) is 11.6 Å². The largest absolute Gasteiger partial charge is 0.438 e. The highest BCUT2D eigenvalue weighted by molar-refractivity contribution is 5.45. The Labute approximate surface area is 182 Å². The number of anilines is 1. The fraction of sp³-hybridized carbons (Fsp3) is 0.360. The van der Waals surface area contributed by atoms with Gasteiger partial charge in [-0.25, -0.2) is 9.37 Å². The summed E-state index contributed by atoms with van der Waals surface area (Å²) in [6.45, 7) is 6.43. The predicted octanol–water partition coefficient (Wildman–Crippen LogP) is 4.87. The molecule has 2 aliphatic heterocycles. The second kappa shape index (κ2) is 8.63. The third-order valence-electron chi connectivity index (χ3n) is 6.10. The fourth-order valence-corrected chi connectivity index (χ4v) is 4.33. The molecule has 0 bridgehead atoms. The van der Waals surface area contributed by atoms with E-state index in [1.54, 1.807) is 0 Å². The molecule has 0 saturated carbocycles. The number of rotatable bonds is 5. The number of ether oxygens (including phenoxy) is 1. The van der Waals surface area contributed by atoms with E-state index >= 15 is 0 Å². The Balaban J connectivity index is 1.46. The van der Waals surface area contributed by atoms with E-state index in [9.17, 15) is 4.39 Å². The molecular formula is C25H27FN4O. The molecule has 1 fully saturated rings. The maximum atomic E-state index is 13.3. The van der Waals surface area contributed by atoms with E-state index in [2.05, 4.69) is 9.80 Å². The molecule has 0 aliphatic carbocycles. The van der Waals surface area contributed by atoms with E-state index in [4.69, 9.17) is 14.7 Å². The normalized spacial score (nSPS) is 16.4. The molecule has 5 rings (SSSR count). The van der Waals surface area contributed by atoms with Gasteiger partial charge in [0.05, 0.1) is 11.3 Å². The zero-order chi connectivity index (χ0) is 21.2. The number of nitrogens with zero attached hydrogens (tertiary/aromatic N) is 4. The van der Waals surface area contributed by atoms with Gasteiger partial charge in [-0.15, -0.1) is 0 Å². The lowest BCUT2D eigenvalue weighted by atomic mass is 10.1. The number of hydrogen-bond donors (Lipinski definition) is 0. The Morgan fingerprint density at radius 2 is 1.74 bits per heavy atom. The van der Waals surface area contributed by atoms with Crippen molar-refractivity contribution in [2.45, 2.75) is 39.3 Å². The summed E-state index contributed by atoms with van der Waals surface area (Å²) in [5.41, 5.74) is 4.31. The van der Waals surface area contributed by atoms with E-state index in [1.165, 1.54) is 25.0 Å². The van der Waals surface area contributed by atoms with Crippen molar-refractivity contribution >= 4 is 5.95 Å². The van der Waals surface area contributed by atoms with Crippen LogP contribution in [0.3, 0.4) is 0 Å². The van der Waals surface area contributed by atoms with Crippen molar-refractivity contribution in [2.24, 2.45) is 0 Å². The highest BCUT2D eigenvalue weighted by atomic mass is 19.1. The van der Waals surface area contributed by atoms with E-state index in [0.717, 1.165) is 66.7 Å². The van der Waals surface area contributed by atoms with Crippen molar-refractivity contribution in [3.63, 3.8) is 0 Å². The Morgan fingerprint density at radius 1 is 0.968 bits per heavy atom. The molecular weight excluding hydrogens is 391 g/mol. The number of aryl methyl sites for hydroxylation is 1. The maximum Gasteiger partial charge on any atom is 0.228 e.